The third-order valence-corrected chi connectivity index (χ3v) is 2.34. The maximum atomic E-state index is 5.70. The van der Waals surface area contributed by atoms with Gasteiger partial charge in [0.1, 0.15) is 0 Å². The van der Waals surface area contributed by atoms with Crippen LogP contribution in [0.25, 0.3) is 0 Å². The minimum Gasteiger partial charge on any atom is -0.454 e. The fourth-order valence-electron chi connectivity index (χ4n) is 1.65. The summed E-state index contributed by atoms with van der Waals surface area (Å²) in [6.07, 6.45) is 0.310. The highest BCUT2D eigenvalue weighted by molar-refractivity contribution is 5.44. The first kappa shape index (κ1) is 10.3. The molecule has 1 unspecified atom stereocenters. The van der Waals surface area contributed by atoms with Crippen LogP contribution in [0, 0.1) is 0 Å². The Morgan fingerprint density at radius 2 is 1.87 bits per heavy atom. The molecule has 0 N–H and O–H groups in total. The quantitative estimate of drug-likeness (QED) is 0.764. The fourth-order valence-corrected chi connectivity index (χ4v) is 1.65. The lowest BCUT2D eigenvalue weighted by Crippen LogP contribution is -2.07. The van der Waals surface area contributed by atoms with Crippen LogP contribution in [0.4, 0.5) is 0 Å². The molecule has 0 radical (unpaired) electrons. The maximum Gasteiger partial charge on any atom is 0.231 e. The molecule has 0 amide bonds. The molecule has 0 fully saturated rings. The van der Waals surface area contributed by atoms with E-state index in [1.54, 1.807) is 0 Å². The van der Waals surface area contributed by atoms with Crippen molar-refractivity contribution in [2.24, 2.45) is 0 Å². The number of benzene rings is 1. The van der Waals surface area contributed by atoms with Gasteiger partial charge in [0.2, 0.25) is 6.79 Å². The van der Waals surface area contributed by atoms with Gasteiger partial charge in [0.15, 0.2) is 11.5 Å². The molecule has 0 spiro atoms. The van der Waals surface area contributed by atoms with Crippen LogP contribution in [0.15, 0.2) is 18.2 Å². The molecule has 1 aromatic rings. The first-order chi connectivity index (χ1) is 7.16. The number of hydrogen-bond acceptors (Lipinski definition) is 3. The van der Waals surface area contributed by atoms with Crippen LogP contribution in [0.1, 0.15) is 32.4 Å². The van der Waals surface area contributed by atoms with Gasteiger partial charge in [-0.05, 0) is 38.5 Å². The second-order valence-electron chi connectivity index (χ2n) is 3.94. The summed E-state index contributed by atoms with van der Waals surface area (Å²) in [5, 5.41) is 0. The van der Waals surface area contributed by atoms with Gasteiger partial charge in [-0.15, -0.1) is 0 Å². The molecule has 1 aromatic carbocycles. The van der Waals surface area contributed by atoms with E-state index in [1.807, 2.05) is 39.0 Å². The monoisotopic (exact) mass is 208 g/mol. The molecule has 3 heteroatoms. The van der Waals surface area contributed by atoms with Crippen molar-refractivity contribution in [2.45, 2.75) is 33.0 Å². The summed E-state index contributed by atoms with van der Waals surface area (Å²) in [6.45, 7) is 6.42. The summed E-state index contributed by atoms with van der Waals surface area (Å²) >= 11 is 0. The number of ether oxygens (including phenoxy) is 3. The van der Waals surface area contributed by atoms with Crippen molar-refractivity contribution in [1.29, 1.82) is 0 Å². The van der Waals surface area contributed by atoms with E-state index in [1.165, 1.54) is 0 Å². The van der Waals surface area contributed by atoms with E-state index in [2.05, 4.69) is 0 Å². The Hall–Kier alpha value is -1.22. The minimum atomic E-state index is 0.0829. The molecule has 1 aliphatic heterocycles. The van der Waals surface area contributed by atoms with Crippen LogP contribution in [-0.2, 0) is 4.74 Å². The first-order valence-electron chi connectivity index (χ1n) is 5.22. The summed E-state index contributed by atoms with van der Waals surface area (Å²) in [7, 11) is 0. The lowest BCUT2D eigenvalue weighted by molar-refractivity contribution is 0.0177. The third kappa shape index (κ3) is 2.23. The molecule has 0 aliphatic carbocycles. The second-order valence-corrected chi connectivity index (χ2v) is 3.94. The van der Waals surface area contributed by atoms with Crippen LogP contribution in [-0.4, -0.2) is 12.9 Å². The molecule has 82 valence electrons. The third-order valence-electron chi connectivity index (χ3n) is 2.34. The number of hydrogen-bond donors (Lipinski definition) is 0. The number of rotatable bonds is 3. The van der Waals surface area contributed by atoms with E-state index in [9.17, 15) is 0 Å². The Morgan fingerprint density at radius 1 is 1.13 bits per heavy atom. The summed E-state index contributed by atoms with van der Waals surface area (Å²) in [5.41, 5.74) is 1.12. The predicted octanol–water partition coefficient (Wildman–Crippen LogP) is 2.90. The van der Waals surface area contributed by atoms with Gasteiger partial charge in [-0.2, -0.15) is 0 Å². The van der Waals surface area contributed by atoms with Crippen LogP contribution in [0.5, 0.6) is 11.5 Å². The molecule has 1 heterocycles. The highest BCUT2D eigenvalue weighted by Crippen LogP contribution is 2.34. The van der Waals surface area contributed by atoms with Crippen molar-refractivity contribution in [2.75, 3.05) is 6.79 Å². The van der Waals surface area contributed by atoms with Crippen molar-refractivity contribution >= 4 is 0 Å². The first-order valence-corrected chi connectivity index (χ1v) is 5.22. The van der Waals surface area contributed by atoms with Gasteiger partial charge in [-0.1, -0.05) is 6.07 Å². The summed E-state index contributed by atoms with van der Waals surface area (Å²) in [6, 6.07) is 5.92. The zero-order chi connectivity index (χ0) is 10.8. The lowest BCUT2D eigenvalue weighted by atomic mass is 10.1. The van der Waals surface area contributed by atoms with Gasteiger partial charge in [0.25, 0.3) is 0 Å². The molecule has 2 rings (SSSR count). The van der Waals surface area contributed by atoms with Gasteiger partial charge in [0.05, 0.1) is 12.2 Å². The van der Waals surface area contributed by atoms with Gasteiger partial charge in [-0.3, -0.25) is 0 Å². The van der Waals surface area contributed by atoms with E-state index >= 15 is 0 Å². The largest absolute Gasteiger partial charge is 0.454 e. The topological polar surface area (TPSA) is 27.7 Å². The van der Waals surface area contributed by atoms with Gasteiger partial charge >= 0.3 is 0 Å². The molecule has 0 saturated carbocycles. The highest BCUT2D eigenvalue weighted by Gasteiger charge is 2.16. The molecular formula is C12H16O3. The lowest BCUT2D eigenvalue weighted by Gasteiger charge is -2.16. The smallest absolute Gasteiger partial charge is 0.231 e. The van der Waals surface area contributed by atoms with E-state index < -0.39 is 0 Å². The average Bonchev–Trinajstić information content (AvgIpc) is 2.62. The zero-order valence-corrected chi connectivity index (χ0v) is 9.32. The van der Waals surface area contributed by atoms with Crippen molar-refractivity contribution in [3.63, 3.8) is 0 Å². The molecule has 1 aliphatic rings. The van der Waals surface area contributed by atoms with E-state index in [4.69, 9.17) is 14.2 Å². The molecule has 1 atom stereocenters. The molecule has 0 aromatic heterocycles. The molecule has 0 bridgehead atoms. The van der Waals surface area contributed by atoms with Crippen molar-refractivity contribution < 1.29 is 14.2 Å². The Labute approximate surface area is 90.0 Å². The van der Waals surface area contributed by atoms with E-state index in [0.717, 1.165) is 17.1 Å². The average molecular weight is 208 g/mol. The van der Waals surface area contributed by atoms with Crippen molar-refractivity contribution in [3.8, 4) is 11.5 Å². The summed E-state index contributed by atoms with van der Waals surface area (Å²) in [4.78, 5) is 0. The van der Waals surface area contributed by atoms with Crippen LogP contribution in [0.2, 0.25) is 0 Å². The van der Waals surface area contributed by atoms with Crippen LogP contribution >= 0.6 is 0 Å². The Morgan fingerprint density at radius 3 is 2.60 bits per heavy atom. The Bertz CT molecular complexity index is 347. The normalized spacial score (nSPS) is 15.7. The highest BCUT2D eigenvalue weighted by atomic mass is 16.7. The van der Waals surface area contributed by atoms with E-state index in [-0.39, 0.29) is 12.2 Å². The molecular weight excluding hydrogens is 192 g/mol. The fraction of sp³-hybridized carbons (Fsp3) is 0.500. The second kappa shape index (κ2) is 4.11. The van der Waals surface area contributed by atoms with Crippen molar-refractivity contribution in [3.05, 3.63) is 23.8 Å². The van der Waals surface area contributed by atoms with Gasteiger partial charge in [-0.25, -0.2) is 0 Å². The Balaban J connectivity index is 2.15. The van der Waals surface area contributed by atoms with Gasteiger partial charge in [0, 0.05) is 0 Å². The minimum absolute atomic E-state index is 0.0829. The van der Waals surface area contributed by atoms with Crippen molar-refractivity contribution in [1.82, 2.24) is 0 Å². The maximum absolute atomic E-state index is 5.70. The van der Waals surface area contributed by atoms with Gasteiger partial charge < -0.3 is 14.2 Å². The SMILES string of the molecule is CC(C)OC(C)c1ccc2c(c1)OCO2. The van der Waals surface area contributed by atoms with Crippen LogP contribution in [0.3, 0.4) is 0 Å². The molecule has 3 nitrogen and oxygen atoms in total. The molecule has 0 saturated heterocycles. The van der Waals surface area contributed by atoms with E-state index in [0.29, 0.717) is 6.79 Å². The zero-order valence-electron chi connectivity index (χ0n) is 9.32. The molecule has 15 heavy (non-hydrogen) atoms. The standard InChI is InChI=1S/C12H16O3/c1-8(2)15-9(3)10-4-5-11-12(6-10)14-7-13-11/h4-6,8-9H,7H2,1-3H3. The summed E-state index contributed by atoms with van der Waals surface area (Å²) in [5.74, 6) is 1.63. The Kier molecular flexibility index (Phi) is 2.82. The number of fused-ring (bicyclic) bond motifs is 1. The predicted molar refractivity (Wildman–Crippen MR) is 57.2 cm³/mol. The summed E-state index contributed by atoms with van der Waals surface area (Å²) < 4.78 is 16.3. The van der Waals surface area contributed by atoms with Crippen LogP contribution < -0.4 is 9.47 Å².